The molecule has 0 radical (unpaired) electrons. The Morgan fingerprint density at radius 1 is 1.08 bits per heavy atom. The van der Waals surface area contributed by atoms with Gasteiger partial charge in [0, 0.05) is 29.4 Å². The fraction of sp³-hybridized carbons (Fsp3) is 0.200. The summed E-state index contributed by atoms with van der Waals surface area (Å²) in [5.41, 5.74) is 2.87. The standard InChI is InChI=1S/C25H23ClN4O4S2/c1-30-20(12-15-4-8-17(26)9-5-15)28-29-25(30)36-14-21(31)27-23-22(24(32)34-3)19(13-35-23)16-6-10-18(33-2)11-7-16/h4-11,13H,12,14H2,1-3H3,(H,27,31). The lowest BCUT2D eigenvalue weighted by molar-refractivity contribution is -0.113. The van der Waals surface area contributed by atoms with Gasteiger partial charge in [0.2, 0.25) is 5.91 Å². The van der Waals surface area contributed by atoms with Gasteiger partial charge in [-0.25, -0.2) is 4.79 Å². The van der Waals surface area contributed by atoms with E-state index in [2.05, 4.69) is 15.5 Å². The van der Waals surface area contributed by atoms with Crippen LogP contribution in [0.5, 0.6) is 5.75 Å². The number of esters is 1. The topological polar surface area (TPSA) is 95.3 Å². The second-order valence-corrected chi connectivity index (χ2v) is 9.93. The molecule has 0 aliphatic heterocycles. The van der Waals surface area contributed by atoms with Gasteiger partial charge in [-0.3, -0.25) is 4.79 Å². The van der Waals surface area contributed by atoms with Gasteiger partial charge < -0.3 is 19.4 Å². The highest BCUT2D eigenvalue weighted by atomic mass is 35.5. The van der Waals surface area contributed by atoms with Gasteiger partial charge in [0.05, 0.1) is 20.0 Å². The molecule has 4 rings (SSSR count). The van der Waals surface area contributed by atoms with E-state index in [0.717, 1.165) is 17.0 Å². The summed E-state index contributed by atoms with van der Waals surface area (Å²) in [5, 5.41) is 14.9. The van der Waals surface area contributed by atoms with E-state index in [-0.39, 0.29) is 11.7 Å². The number of nitrogens with one attached hydrogen (secondary N) is 1. The van der Waals surface area contributed by atoms with Crippen molar-refractivity contribution in [1.82, 2.24) is 14.8 Å². The fourth-order valence-corrected chi connectivity index (χ4v) is 5.27. The second-order valence-electron chi connectivity index (χ2n) is 7.67. The Kier molecular flexibility index (Phi) is 8.29. The van der Waals surface area contributed by atoms with Crippen LogP contribution in [0.15, 0.2) is 59.1 Å². The molecule has 0 aliphatic rings. The number of rotatable bonds is 9. The number of methoxy groups -OCH3 is 2. The van der Waals surface area contributed by atoms with Crippen LogP contribution in [0.2, 0.25) is 5.02 Å². The molecule has 0 aliphatic carbocycles. The van der Waals surface area contributed by atoms with Gasteiger partial charge >= 0.3 is 5.97 Å². The number of carbonyl (C=O) groups excluding carboxylic acids is 2. The van der Waals surface area contributed by atoms with E-state index in [4.69, 9.17) is 21.1 Å². The molecule has 0 atom stereocenters. The van der Waals surface area contributed by atoms with Crippen molar-refractivity contribution in [1.29, 1.82) is 0 Å². The molecular formula is C25H23ClN4O4S2. The van der Waals surface area contributed by atoms with Gasteiger partial charge in [-0.1, -0.05) is 47.6 Å². The summed E-state index contributed by atoms with van der Waals surface area (Å²) in [6.45, 7) is 0. The third-order valence-corrected chi connectivity index (χ3v) is 7.54. The van der Waals surface area contributed by atoms with Crippen LogP contribution in [0.25, 0.3) is 11.1 Å². The molecule has 1 amide bonds. The molecule has 0 bridgehead atoms. The quantitative estimate of drug-likeness (QED) is 0.226. The summed E-state index contributed by atoms with van der Waals surface area (Å²) in [7, 11) is 4.77. The SMILES string of the molecule is COC(=O)c1c(-c2ccc(OC)cc2)csc1NC(=O)CSc1nnc(Cc2ccc(Cl)cc2)n1C. The molecule has 186 valence electrons. The Morgan fingerprint density at radius 3 is 2.47 bits per heavy atom. The molecule has 0 saturated carbocycles. The molecule has 2 heterocycles. The third-order valence-electron chi connectivity index (χ3n) is 5.37. The van der Waals surface area contributed by atoms with Crippen molar-refractivity contribution in [2.75, 3.05) is 25.3 Å². The second kappa shape index (κ2) is 11.6. The zero-order chi connectivity index (χ0) is 25.7. The van der Waals surface area contributed by atoms with E-state index in [1.165, 1.54) is 30.2 Å². The first-order valence-electron chi connectivity index (χ1n) is 10.8. The van der Waals surface area contributed by atoms with E-state index in [0.29, 0.717) is 38.5 Å². The minimum Gasteiger partial charge on any atom is -0.497 e. The molecule has 1 N–H and O–H groups in total. The first kappa shape index (κ1) is 25.7. The highest BCUT2D eigenvalue weighted by molar-refractivity contribution is 7.99. The Labute approximate surface area is 221 Å². The maximum atomic E-state index is 12.8. The van der Waals surface area contributed by atoms with Crippen molar-refractivity contribution in [3.8, 4) is 16.9 Å². The smallest absolute Gasteiger partial charge is 0.341 e. The number of benzene rings is 2. The maximum Gasteiger partial charge on any atom is 0.341 e. The van der Waals surface area contributed by atoms with Crippen LogP contribution in [0.3, 0.4) is 0 Å². The van der Waals surface area contributed by atoms with E-state index in [9.17, 15) is 9.59 Å². The molecule has 0 fully saturated rings. The number of hydrogen-bond donors (Lipinski definition) is 1. The van der Waals surface area contributed by atoms with Crippen molar-refractivity contribution in [3.05, 3.63) is 75.9 Å². The minimum absolute atomic E-state index is 0.100. The third kappa shape index (κ3) is 5.89. The Morgan fingerprint density at radius 2 is 1.81 bits per heavy atom. The lowest BCUT2D eigenvalue weighted by Gasteiger charge is -2.08. The molecule has 36 heavy (non-hydrogen) atoms. The van der Waals surface area contributed by atoms with Crippen molar-refractivity contribution in [2.45, 2.75) is 11.6 Å². The molecule has 4 aromatic rings. The zero-order valence-electron chi connectivity index (χ0n) is 19.8. The van der Waals surface area contributed by atoms with E-state index >= 15 is 0 Å². The Balaban J connectivity index is 1.44. The lowest BCUT2D eigenvalue weighted by atomic mass is 10.0. The highest BCUT2D eigenvalue weighted by Gasteiger charge is 2.23. The fourth-order valence-electron chi connectivity index (χ4n) is 3.44. The number of hydrogen-bond acceptors (Lipinski definition) is 8. The van der Waals surface area contributed by atoms with Gasteiger partial charge in [0.25, 0.3) is 0 Å². The van der Waals surface area contributed by atoms with Crippen molar-refractivity contribution in [2.24, 2.45) is 7.05 Å². The van der Waals surface area contributed by atoms with E-state index in [1.807, 2.05) is 65.5 Å². The summed E-state index contributed by atoms with van der Waals surface area (Å²) in [4.78, 5) is 25.3. The van der Waals surface area contributed by atoms with Crippen LogP contribution in [0, 0.1) is 0 Å². The Hall–Kier alpha value is -3.34. The van der Waals surface area contributed by atoms with Crippen LogP contribution in [-0.4, -0.2) is 46.6 Å². The van der Waals surface area contributed by atoms with Gasteiger partial charge in [-0.2, -0.15) is 0 Å². The first-order valence-corrected chi connectivity index (χ1v) is 13.0. The zero-order valence-corrected chi connectivity index (χ0v) is 22.2. The van der Waals surface area contributed by atoms with E-state index in [1.54, 1.807) is 7.11 Å². The van der Waals surface area contributed by atoms with Gasteiger partial charge in [0.1, 0.15) is 22.1 Å². The number of nitrogens with zero attached hydrogens (tertiary/aromatic N) is 3. The largest absolute Gasteiger partial charge is 0.497 e. The van der Waals surface area contributed by atoms with E-state index < -0.39 is 5.97 Å². The molecule has 11 heteroatoms. The molecule has 2 aromatic carbocycles. The summed E-state index contributed by atoms with van der Waals surface area (Å²) >= 11 is 8.49. The van der Waals surface area contributed by atoms with Gasteiger partial charge in [-0.15, -0.1) is 21.5 Å². The summed E-state index contributed by atoms with van der Waals surface area (Å²) in [6, 6.07) is 14.9. The average molecular weight is 543 g/mol. The number of thiophene rings is 1. The van der Waals surface area contributed by atoms with Gasteiger partial charge in [-0.05, 0) is 35.4 Å². The van der Waals surface area contributed by atoms with Crippen molar-refractivity contribution < 1.29 is 19.1 Å². The lowest BCUT2D eigenvalue weighted by Crippen LogP contribution is -2.16. The van der Waals surface area contributed by atoms with Gasteiger partial charge in [0.15, 0.2) is 5.16 Å². The molecule has 8 nitrogen and oxygen atoms in total. The van der Waals surface area contributed by atoms with Crippen LogP contribution in [0.4, 0.5) is 5.00 Å². The number of amides is 1. The van der Waals surface area contributed by atoms with Crippen molar-refractivity contribution >= 4 is 51.6 Å². The molecule has 0 spiro atoms. The minimum atomic E-state index is -0.523. The van der Waals surface area contributed by atoms with Crippen LogP contribution < -0.4 is 10.1 Å². The summed E-state index contributed by atoms with van der Waals surface area (Å²) in [5.74, 6) is 0.791. The van der Waals surface area contributed by atoms with Crippen LogP contribution >= 0.6 is 34.7 Å². The predicted molar refractivity (Wildman–Crippen MR) is 142 cm³/mol. The summed E-state index contributed by atoms with van der Waals surface area (Å²) < 4.78 is 12.0. The number of aromatic nitrogens is 3. The molecule has 2 aromatic heterocycles. The normalized spacial score (nSPS) is 10.8. The monoisotopic (exact) mass is 542 g/mol. The number of halogens is 1. The Bertz CT molecular complexity index is 1370. The average Bonchev–Trinajstić information content (AvgIpc) is 3.46. The van der Waals surface area contributed by atoms with Crippen LogP contribution in [-0.2, 0) is 23.0 Å². The predicted octanol–water partition coefficient (Wildman–Crippen LogP) is 5.31. The summed E-state index contributed by atoms with van der Waals surface area (Å²) in [6.07, 6.45) is 0.596. The number of thioether (sulfide) groups is 1. The molecular weight excluding hydrogens is 520 g/mol. The first-order chi connectivity index (χ1) is 17.4. The highest BCUT2D eigenvalue weighted by Crippen LogP contribution is 2.37. The number of carbonyl (C=O) groups is 2. The maximum absolute atomic E-state index is 12.8. The van der Waals surface area contributed by atoms with Crippen LogP contribution in [0.1, 0.15) is 21.7 Å². The van der Waals surface area contributed by atoms with Crippen molar-refractivity contribution in [3.63, 3.8) is 0 Å². The number of ether oxygens (including phenoxy) is 2. The molecule has 0 unspecified atom stereocenters. The number of anilines is 1. The molecule has 0 saturated heterocycles.